The maximum absolute atomic E-state index is 6.32. The molecule has 2 aromatic rings. The van der Waals surface area contributed by atoms with Crippen molar-refractivity contribution in [1.82, 2.24) is 9.55 Å². The lowest BCUT2D eigenvalue weighted by atomic mass is 10.2. The number of benzene rings is 1. The van der Waals surface area contributed by atoms with E-state index in [1.165, 1.54) is 0 Å². The lowest BCUT2D eigenvalue weighted by molar-refractivity contribution is 0.0972. The predicted molar refractivity (Wildman–Crippen MR) is 78.0 cm³/mol. The maximum Gasteiger partial charge on any atom is 0.127 e. The molecule has 1 saturated heterocycles. The minimum Gasteiger partial charge on any atom is -0.376 e. The lowest BCUT2D eigenvalue weighted by Gasteiger charge is -2.15. The van der Waals surface area contributed by atoms with E-state index in [0.717, 1.165) is 42.9 Å². The fourth-order valence-corrected chi connectivity index (χ4v) is 3.08. The van der Waals surface area contributed by atoms with Gasteiger partial charge >= 0.3 is 0 Å². The summed E-state index contributed by atoms with van der Waals surface area (Å²) < 4.78 is 7.83. The van der Waals surface area contributed by atoms with Gasteiger partial charge in [0.2, 0.25) is 0 Å². The van der Waals surface area contributed by atoms with Crippen LogP contribution < -0.4 is 0 Å². The largest absolute Gasteiger partial charge is 0.376 e. The van der Waals surface area contributed by atoms with Gasteiger partial charge in [-0.3, -0.25) is 0 Å². The molecule has 0 saturated carbocycles. The first-order chi connectivity index (χ1) is 9.16. The molecule has 0 radical (unpaired) electrons. The van der Waals surface area contributed by atoms with Crippen LogP contribution in [-0.2, 0) is 11.3 Å². The Hall–Kier alpha value is -0.770. The number of alkyl halides is 1. The number of para-hydroxylation sites is 1. The average molecular weight is 299 g/mol. The van der Waals surface area contributed by atoms with E-state index in [-0.39, 0.29) is 11.5 Å². The Morgan fingerprint density at radius 3 is 3.05 bits per heavy atom. The van der Waals surface area contributed by atoms with Crippen LogP contribution in [0.5, 0.6) is 0 Å². The molecular formula is C14H16Cl2N2O. The lowest BCUT2D eigenvalue weighted by Crippen LogP contribution is -2.17. The van der Waals surface area contributed by atoms with Gasteiger partial charge in [0.1, 0.15) is 5.82 Å². The van der Waals surface area contributed by atoms with E-state index in [2.05, 4.69) is 9.55 Å². The summed E-state index contributed by atoms with van der Waals surface area (Å²) in [5, 5.41) is 0.566. The molecule has 1 aliphatic heterocycles. The van der Waals surface area contributed by atoms with Crippen LogP contribution in [0.1, 0.15) is 31.0 Å². The normalized spacial score (nSPS) is 21.1. The first-order valence-corrected chi connectivity index (χ1v) is 7.38. The molecule has 0 bridgehead atoms. The van der Waals surface area contributed by atoms with Gasteiger partial charge in [0.05, 0.1) is 34.1 Å². The van der Waals surface area contributed by atoms with Crippen molar-refractivity contribution in [3.63, 3.8) is 0 Å². The fraction of sp³-hybridized carbons (Fsp3) is 0.500. The quantitative estimate of drug-likeness (QED) is 0.795. The van der Waals surface area contributed by atoms with E-state index in [9.17, 15) is 0 Å². The summed E-state index contributed by atoms with van der Waals surface area (Å²) in [6.07, 6.45) is 2.44. The molecule has 0 spiro atoms. The van der Waals surface area contributed by atoms with E-state index in [1.807, 2.05) is 25.1 Å². The predicted octanol–water partition coefficient (Wildman–Crippen LogP) is 4.17. The van der Waals surface area contributed by atoms with E-state index in [1.54, 1.807) is 0 Å². The number of fused-ring (bicyclic) bond motifs is 1. The van der Waals surface area contributed by atoms with E-state index >= 15 is 0 Å². The highest BCUT2D eigenvalue weighted by Crippen LogP contribution is 2.30. The Morgan fingerprint density at radius 2 is 2.37 bits per heavy atom. The van der Waals surface area contributed by atoms with Gasteiger partial charge in [-0.15, -0.1) is 11.6 Å². The fourth-order valence-electron chi connectivity index (χ4n) is 2.64. The third-order valence-electron chi connectivity index (χ3n) is 3.51. The van der Waals surface area contributed by atoms with Gasteiger partial charge in [0.25, 0.3) is 0 Å². The highest BCUT2D eigenvalue weighted by Gasteiger charge is 2.22. The Morgan fingerprint density at radius 1 is 1.53 bits per heavy atom. The second kappa shape index (κ2) is 5.31. The summed E-state index contributed by atoms with van der Waals surface area (Å²) in [6.45, 7) is 3.55. The summed E-state index contributed by atoms with van der Waals surface area (Å²) in [4.78, 5) is 4.61. The second-order valence-corrected chi connectivity index (χ2v) is 6.00. The van der Waals surface area contributed by atoms with Crippen LogP contribution in [0, 0.1) is 0 Å². The zero-order valence-electron chi connectivity index (χ0n) is 10.8. The van der Waals surface area contributed by atoms with Crippen molar-refractivity contribution in [1.29, 1.82) is 0 Å². The Bertz CT molecular complexity index is 588. The number of hydrogen-bond acceptors (Lipinski definition) is 2. The van der Waals surface area contributed by atoms with Gasteiger partial charge in [-0.05, 0) is 31.9 Å². The van der Waals surface area contributed by atoms with Crippen LogP contribution in [0.15, 0.2) is 18.2 Å². The molecule has 19 heavy (non-hydrogen) atoms. The standard InChI is InChI=1S/C14H16Cl2N2O/c1-9(15)14-17-12-6-2-5-11(16)13(12)18(14)8-10-4-3-7-19-10/h2,5-6,9-10H,3-4,7-8H2,1H3. The molecule has 1 fully saturated rings. The first kappa shape index (κ1) is 13.2. The Kier molecular flexibility index (Phi) is 3.70. The molecule has 5 heteroatoms. The van der Waals surface area contributed by atoms with Crippen molar-refractivity contribution in [2.24, 2.45) is 0 Å². The van der Waals surface area contributed by atoms with Crippen LogP contribution in [0.25, 0.3) is 11.0 Å². The zero-order chi connectivity index (χ0) is 13.4. The topological polar surface area (TPSA) is 27.1 Å². The average Bonchev–Trinajstić information content (AvgIpc) is 2.98. The van der Waals surface area contributed by atoms with E-state index < -0.39 is 0 Å². The van der Waals surface area contributed by atoms with Crippen molar-refractivity contribution < 1.29 is 4.74 Å². The third-order valence-corrected chi connectivity index (χ3v) is 4.01. The van der Waals surface area contributed by atoms with Gasteiger partial charge in [-0.1, -0.05) is 17.7 Å². The SMILES string of the molecule is CC(Cl)c1nc2cccc(Cl)c2n1CC1CCCO1. The van der Waals surface area contributed by atoms with Crippen molar-refractivity contribution in [2.45, 2.75) is 37.8 Å². The molecule has 0 amide bonds. The number of aromatic nitrogens is 2. The second-order valence-electron chi connectivity index (χ2n) is 4.94. The van der Waals surface area contributed by atoms with Crippen molar-refractivity contribution in [3.8, 4) is 0 Å². The van der Waals surface area contributed by atoms with E-state index in [4.69, 9.17) is 27.9 Å². The number of nitrogens with zero attached hydrogens (tertiary/aromatic N) is 2. The molecule has 0 N–H and O–H groups in total. The van der Waals surface area contributed by atoms with Crippen LogP contribution in [0.2, 0.25) is 5.02 Å². The molecule has 3 rings (SSSR count). The van der Waals surface area contributed by atoms with Gasteiger partial charge in [0, 0.05) is 6.61 Å². The zero-order valence-corrected chi connectivity index (χ0v) is 12.3. The molecule has 0 aliphatic carbocycles. The number of hydrogen-bond donors (Lipinski definition) is 0. The van der Waals surface area contributed by atoms with Crippen LogP contribution in [0.3, 0.4) is 0 Å². The maximum atomic E-state index is 6.32. The molecule has 102 valence electrons. The van der Waals surface area contributed by atoms with E-state index in [0.29, 0.717) is 5.02 Å². The summed E-state index contributed by atoms with van der Waals surface area (Å²) in [5.74, 6) is 0.861. The number of rotatable bonds is 3. The van der Waals surface area contributed by atoms with Gasteiger partial charge in [0.15, 0.2) is 0 Å². The minimum atomic E-state index is -0.148. The molecule has 2 atom stereocenters. The van der Waals surface area contributed by atoms with Crippen molar-refractivity contribution in [3.05, 3.63) is 29.0 Å². The highest BCUT2D eigenvalue weighted by molar-refractivity contribution is 6.35. The summed E-state index contributed by atoms with van der Waals surface area (Å²) in [6, 6.07) is 5.77. The van der Waals surface area contributed by atoms with Gasteiger partial charge in [-0.2, -0.15) is 0 Å². The highest BCUT2D eigenvalue weighted by atomic mass is 35.5. The van der Waals surface area contributed by atoms with Gasteiger partial charge in [-0.25, -0.2) is 4.98 Å². The molecule has 1 aliphatic rings. The molecule has 2 heterocycles. The van der Waals surface area contributed by atoms with Crippen LogP contribution >= 0.6 is 23.2 Å². The number of halogens is 2. The number of ether oxygens (including phenoxy) is 1. The Balaban J connectivity index is 2.09. The molecule has 1 aromatic carbocycles. The number of imidazole rings is 1. The molecule has 3 nitrogen and oxygen atoms in total. The van der Waals surface area contributed by atoms with Crippen LogP contribution in [-0.4, -0.2) is 22.3 Å². The summed E-state index contributed by atoms with van der Waals surface area (Å²) in [7, 11) is 0. The monoisotopic (exact) mass is 298 g/mol. The molecular weight excluding hydrogens is 283 g/mol. The summed E-state index contributed by atoms with van der Waals surface area (Å²) >= 11 is 12.6. The Labute approximate surface area is 122 Å². The summed E-state index contributed by atoms with van der Waals surface area (Å²) in [5.41, 5.74) is 1.86. The minimum absolute atomic E-state index is 0.148. The molecule has 2 unspecified atom stereocenters. The van der Waals surface area contributed by atoms with Crippen LogP contribution in [0.4, 0.5) is 0 Å². The van der Waals surface area contributed by atoms with Crippen molar-refractivity contribution in [2.75, 3.05) is 6.61 Å². The van der Waals surface area contributed by atoms with Gasteiger partial charge < -0.3 is 9.30 Å². The molecule has 1 aromatic heterocycles. The third kappa shape index (κ3) is 2.47. The smallest absolute Gasteiger partial charge is 0.127 e. The first-order valence-electron chi connectivity index (χ1n) is 6.57. The van der Waals surface area contributed by atoms with Crippen molar-refractivity contribution >= 4 is 34.2 Å².